The van der Waals surface area contributed by atoms with E-state index in [1.807, 2.05) is 11.9 Å². The van der Waals surface area contributed by atoms with Crippen molar-refractivity contribution < 1.29 is 9.90 Å². The Hall–Kier alpha value is -1.89. The average Bonchev–Trinajstić information content (AvgIpc) is 2.26. The number of nitrogens with one attached hydrogen (secondary N) is 3. The van der Waals surface area contributed by atoms with Crippen molar-refractivity contribution in [1.29, 1.82) is 0 Å². The maximum Gasteiger partial charge on any atom is 0.325 e. The molecule has 4 N–H and O–H groups in total. The lowest BCUT2D eigenvalue weighted by atomic mass is 10.1. The predicted octanol–water partition coefficient (Wildman–Crippen LogP) is -1.19. The topological polar surface area (TPSA) is 115 Å². The molecule has 1 rings (SSSR count). The summed E-state index contributed by atoms with van der Waals surface area (Å²) in [7, 11) is 0. The van der Waals surface area contributed by atoms with Gasteiger partial charge in [0.2, 0.25) is 0 Å². The van der Waals surface area contributed by atoms with Gasteiger partial charge in [0.25, 0.3) is 11.5 Å². The third kappa shape index (κ3) is 3.87. The Morgan fingerprint density at radius 1 is 1.53 bits per heavy atom. The minimum absolute atomic E-state index is 0.0519. The first-order valence-electron chi connectivity index (χ1n) is 5.25. The van der Waals surface area contributed by atoms with Gasteiger partial charge >= 0.3 is 5.69 Å². The zero-order valence-corrected chi connectivity index (χ0v) is 9.45. The molecule has 1 amide bonds. The van der Waals surface area contributed by atoms with Crippen LogP contribution in [-0.4, -0.2) is 34.1 Å². The van der Waals surface area contributed by atoms with E-state index in [1.54, 1.807) is 0 Å². The molecular formula is C10H15N3O4. The van der Waals surface area contributed by atoms with Crippen molar-refractivity contribution in [2.24, 2.45) is 5.92 Å². The number of carbonyl (C=O) groups excluding carboxylic acids is 1. The molecule has 0 spiro atoms. The molecule has 0 fully saturated rings. The number of hydrogen-bond donors (Lipinski definition) is 4. The Morgan fingerprint density at radius 2 is 2.24 bits per heavy atom. The summed E-state index contributed by atoms with van der Waals surface area (Å²) >= 11 is 0. The van der Waals surface area contributed by atoms with Gasteiger partial charge in [-0.2, -0.15) is 0 Å². The van der Waals surface area contributed by atoms with Gasteiger partial charge in [-0.1, -0.05) is 6.92 Å². The van der Waals surface area contributed by atoms with Gasteiger partial charge in [-0.05, 0) is 12.3 Å². The van der Waals surface area contributed by atoms with Crippen LogP contribution in [0.1, 0.15) is 23.7 Å². The van der Waals surface area contributed by atoms with Gasteiger partial charge in [0.15, 0.2) is 0 Å². The van der Waals surface area contributed by atoms with Crippen molar-refractivity contribution in [1.82, 2.24) is 15.3 Å². The second kappa shape index (κ2) is 6.00. The zero-order valence-electron chi connectivity index (χ0n) is 9.45. The summed E-state index contributed by atoms with van der Waals surface area (Å²) in [5.41, 5.74) is -1.51. The third-order valence-electron chi connectivity index (χ3n) is 2.30. The summed E-state index contributed by atoms with van der Waals surface area (Å²) in [5.74, 6) is -0.432. The molecule has 0 aliphatic carbocycles. The zero-order chi connectivity index (χ0) is 12.8. The summed E-state index contributed by atoms with van der Waals surface area (Å²) in [6.45, 7) is 2.28. The molecule has 17 heavy (non-hydrogen) atoms. The number of aromatic nitrogens is 2. The molecule has 1 aromatic rings. The van der Waals surface area contributed by atoms with E-state index in [9.17, 15) is 14.4 Å². The van der Waals surface area contributed by atoms with Crippen molar-refractivity contribution in [2.75, 3.05) is 13.2 Å². The molecule has 0 saturated heterocycles. The fourth-order valence-corrected chi connectivity index (χ4v) is 1.26. The second-order valence-electron chi connectivity index (χ2n) is 3.81. The number of rotatable bonds is 5. The number of hydrogen-bond acceptors (Lipinski definition) is 4. The van der Waals surface area contributed by atoms with E-state index in [1.165, 1.54) is 0 Å². The second-order valence-corrected chi connectivity index (χ2v) is 3.81. The highest BCUT2D eigenvalue weighted by atomic mass is 16.3. The van der Waals surface area contributed by atoms with Gasteiger partial charge in [0, 0.05) is 19.3 Å². The van der Waals surface area contributed by atoms with Crippen LogP contribution in [0, 0.1) is 5.92 Å². The Morgan fingerprint density at radius 3 is 2.82 bits per heavy atom. The highest BCUT2D eigenvalue weighted by molar-refractivity contribution is 5.93. The van der Waals surface area contributed by atoms with Gasteiger partial charge in [-0.3, -0.25) is 14.6 Å². The molecule has 0 aromatic carbocycles. The van der Waals surface area contributed by atoms with Gasteiger partial charge in [-0.15, -0.1) is 0 Å². The summed E-state index contributed by atoms with van der Waals surface area (Å²) in [4.78, 5) is 37.8. The van der Waals surface area contributed by atoms with Crippen molar-refractivity contribution in [3.8, 4) is 0 Å². The summed E-state index contributed by atoms with van der Waals surface area (Å²) in [5, 5.41) is 11.2. The van der Waals surface area contributed by atoms with E-state index >= 15 is 0 Å². The van der Waals surface area contributed by atoms with Gasteiger partial charge in [0.1, 0.15) is 5.56 Å². The van der Waals surface area contributed by atoms with E-state index in [2.05, 4.69) is 10.3 Å². The molecule has 94 valence electrons. The van der Waals surface area contributed by atoms with E-state index in [0.717, 1.165) is 6.20 Å². The normalized spacial score (nSPS) is 12.1. The summed E-state index contributed by atoms with van der Waals surface area (Å²) in [6, 6.07) is 0. The van der Waals surface area contributed by atoms with Crippen LogP contribution in [-0.2, 0) is 0 Å². The highest BCUT2D eigenvalue weighted by Gasteiger charge is 2.11. The van der Waals surface area contributed by atoms with Crippen molar-refractivity contribution >= 4 is 5.91 Å². The number of H-pyrrole nitrogens is 2. The molecule has 0 aliphatic heterocycles. The molecular weight excluding hydrogens is 226 g/mol. The quantitative estimate of drug-likeness (QED) is 0.519. The molecule has 1 heterocycles. The lowest BCUT2D eigenvalue weighted by Crippen LogP contribution is -2.35. The first-order chi connectivity index (χ1) is 8.04. The smallest absolute Gasteiger partial charge is 0.325 e. The number of aliphatic hydroxyl groups excluding tert-OH is 1. The maximum atomic E-state index is 11.6. The van der Waals surface area contributed by atoms with Crippen LogP contribution in [0.3, 0.4) is 0 Å². The van der Waals surface area contributed by atoms with Crippen molar-refractivity contribution in [2.45, 2.75) is 13.3 Å². The Labute approximate surface area is 96.9 Å². The molecule has 1 aromatic heterocycles. The molecule has 0 bridgehead atoms. The lowest BCUT2D eigenvalue weighted by molar-refractivity contribution is 0.0943. The van der Waals surface area contributed by atoms with E-state index in [4.69, 9.17) is 5.11 Å². The van der Waals surface area contributed by atoms with Crippen LogP contribution in [0.15, 0.2) is 15.8 Å². The minimum Gasteiger partial charge on any atom is -0.396 e. The molecule has 1 unspecified atom stereocenters. The van der Waals surface area contributed by atoms with Gasteiger partial charge < -0.3 is 15.4 Å². The van der Waals surface area contributed by atoms with E-state index in [0.29, 0.717) is 13.0 Å². The number of aromatic amines is 2. The Kier molecular flexibility index (Phi) is 4.65. The maximum absolute atomic E-state index is 11.6. The minimum atomic E-state index is -0.721. The number of amides is 1. The van der Waals surface area contributed by atoms with Crippen molar-refractivity contribution in [3.05, 3.63) is 32.6 Å². The van der Waals surface area contributed by atoms with Gasteiger partial charge in [0.05, 0.1) is 0 Å². The summed E-state index contributed by atoms with van der Waals surface area (Å²) < 4.78 is 0. The van der Waals surface area contributed by atoms with E-state index < -0.39 is 17.2 Å². The van der Waals surface area contributed by atoms with Gasteiger partial charge in [-0.25, -0.2) is 4.79 Å². The highest BCUT2D eigenvalue weighted by Crippen LogP contribution is 1.98. The molecule has 1 atom stereocenters. The number of aliphatic hydroxyl groups is 1. The molecule has 7 heteroatoms. The largest absolute Gasteiger partial charge is 0.396 e. The average molecular weight is 241 g/mol. The van der Waals surface area contributed by atoms with Crippen LogP contribution >= 0.6 is 0 Å². The fraction of sp³-hybridized carbons (Fsp3) is 0.500. The van der Waals surface area contributed by atoms with Crippen LogP contribution < -0.4 is 16.6 Å². The van der Waals surface area contributed by atoms with Crippen LogP contribution in [0.25, 0.3) is 0 Å². The van der Waals surface area contributed by atoms with Crippen LogP contribution in [0.5, 0.6) is 0 Å². The third-order valence-corrected chi connectivity index (χ3v) is 2.30. The summed E-state index contributed by atoms with van der Waals surface area (Å²) in [6.07, 6.45) is 1.65. The van der Waals surface area contributed by atoms with Crippen LogP contribution in [0.2, 0.25) is 0 Å². The lowest BCUT2D eigenvalue weighted by Gasteiger charge is -2.10. The molecule has 0 saturated carbocycles. The van der Waals surface area contributed by atoms with Crippen LogP contribution in [0.4, 0.5) is 0 Å². The standard InChI is InChI=1S/C10H15N3O4/c1-6(2-3-14)4-11-8(15)7-5-12-10(17)13-9(7)16/h5-6,14H,2-4H2,1H3,(H,11,15)(H2,12,13,16,17). The first kappa shape index (κ1) is 13.2. The number of carbonyl (C=O) groups is 1. The van der Waals surface area contributed by atoms with Crippen molar-refractivity contribution in [3.63, 3.8) is 0 Å². The molecule has 0 aliphatic rings. The first-order valence-corrected chi connectivity index (χ1v) is 5.25. The fourth-order valence-electron chi connectivity index (χ4n) is 1.26. The Bertz CT molecular complexity index is 491. The van der Waals surface area contributed by atoms with E-state index in [-0.39, 0.29) is 18.1 Å². The molecule has 7 nitrogen and oxygen atoms in total. The monoisotopic (exact) mass is 241 g/mol. The Balaban J connectivity index is 2.64. The SMILES string of the molecule is CC(CCO)CNC(=O)c1c[nH]c(=O)[nH]c1=O. The predicted molar refractivity (Wildman–Crippen MR) is 60.9 cm³/mol. The molecule has 0 radical (unpaired) electrons.